The van der Waals surface area contributed by atoms with Crippen LogP contribution in [0.25, 0.3) is 0 Å². The average molecular weight is 637 g/mol. The average Bonchev–Trinajstić information content (AvgIpc) is 3.06. The van der Waals surface area contributed by atoms with Gasteiger partial charge in [-0.05, 0) is 98.5 Å². The van der Waals surface area contributed by atoms with Crippen molar-refractivity contribution in [3.05, 3.63) is 83.9 Å². The minimum atomic E-state index is -0.914. The number of Topliss-reactive ketones (excluding diaryl/α,β-unsaturated/α-hetero) is 1. The van der Waals surface area contributed by atoms with Crippen LogP contribution in [0.1, 0.15) is 81.8 Å². The number of ketones is 1. The summed E-state index contributed by atoms with van der Waals surface area (Å²) in [4.78, 5) is 51.5. The number of ether oxygens (including phenoxy) is 1. The van der Waals surface area contributed by atoms with Crippen LogP contribution in [-0.4, -0.2) is 28.7 Å². The first-order chi connectivity index (χ1) is 22.9. The molecule has 8 heteroatoms. The normalized spacial score (nSPS) is 22.8. The van der Waals surface area contributed by atoms with E-state index in [2.05, 4.69) is 10.6 Å². The zero-order valence-electron chi connectivity index (χ0n) is 26.8. The molecule has 2 amide bonds. The molecule has 47 heavy (non-hydrogen) atoms. The summed E-state index contributed by atoms with van der Waals surface area (Å²) in [6, 6.07) is 22.7. The standard InChI is InChI=1S/C39H44N2O6/c42-36(26-11-8-12-26)31-13-4-5-14-32(31)38(44)41-35-22-21-30(24-27(35)23-25-9-2-1-3-10-25)47-29-19-17-28(18-20-29)40-37(43)33-15-6-7-16-34(33)39(45)46/h1-3,9-10,17-22,24,26,31-34H,4-8,11-16,23H2,(H,40,43)(H,41,44)(H,45,46). The zero-order valence-corrected chi connectivity index (χ0v) is 26.8. The molecule has 3 aliphatic rings. The van der Waals surface area contributed by atoms with E-state index in [-0.39, 0.29) is 35.4 Å². The molecule has 0 aromatic heterocycles. The number of anilines is 2. The van der Waals surface area contributed by atoms with Crippen LogP contribution in [0.3, 0.4) is 0 Å². The van der Waals surface area contributed by atoms with Gasteiger partial charge in [0.15, 0.2) is 0 Å². The van der Waals surface area contributed by atoms with E-state index in [0.29, 0.717) is 42.1 Å². The van der Waals surface area contributed by atoms with Crippen molar-refractivity contribution in [1.82, 2.24) is 0 Å². The summed E-state index contributed by atoms with van der Waals surface area (Å²) in [5.74, 6) is -1.34. The highest BCUT2D eigenvalue weighted by Crippen LogP contribution is 2.39. The maximum atomic E-state index is 13.7. The molecule has 6 rings (SSSR count). The summed E-state index contributed by atoms with van der Waals surface area (Å²) in [6.45, 7) is 0. The van der Waals surface area contributed by atoms with E-state index in [1.807, 2.05) is 48.5 Å². The van der Waals surface area contributed by atoms with Crippen molar-refractivity contribution in [2.45, 2.75) is 77.0 Å². The van der Waals surface area contributed by atoms with Crippen molar-refractivity contribution in [2.24, 2.45) is 29.6 Å². The van der Waals surface area contributed by atoms with Crippen LogP contribution < -0.4 is 15.4 Å². The van der Waals surface area contributed by atoms with Gasteiger partial charge >= 0.3 is 5.97 Å². The Morgan fingerprint density at radius 2 is 1.23 bits per heavy atom. The number of carbonyl (C=O) groups excluding carboxylic acids is 3. The van der Waals surface area contributed by atoms with E-state index in [0.717, 1.165) is 68.9 Å². The van der Waals surface area contributed by atoms with Gasteiger partial charge in [-0.2, -0.15) is 0 Å². The second kappa shape index (κ2) is 15.0. The van der Waals surface area contributed by atoms with Crippen LogP contribution >= 0.6 is 0 Å². The Bertz CT molecular complexity index is 1580. The highest BCUT2D eigenvalue weighted by atomic mass is 16.5. The maximum absolute atomic E-state index is 13.7. The van der Waals surface area contributed by atoms with E-state index < -0.39 is 17.8 Å². The topological polar surface area (TPSA) is 122 Å². The van der Waals surface area contributed by atoms with Gasteiger partial charge in [0, 0.05) is 29.1 Å². The van der Waals surface area contributed by atoms with Gasteiger partial charge in [0.1, 0.15) is 17.3 Å². The van der Waals surface area contributed by atoms with Gasteiger partial charge in [-0.15, -0.1) is 0 Å². The Hall–Kier alpha value is -4.46. The van der Waals surface area contributed by atoms with Crippen LogP contribution in [-0.2, 0) is 25.6 Å². The Kier molecular flexibility index (Phi) is 10.3. The molecule has 3 N–H and O–H groups in total. The van der Waals surface area contributed by atoms with Crippen molar-refractivity contribution < 1.29 is 29.0 Å². The number of benzene rings is 3. The lowest BCUT2D eigenvalue weighted by Crippen LogP contribution is -2.40. The third kappa shape index (κ3) is 7.92. The van der Waals surface area contributed by atoms with Gasteiger partial charge in [0.2, 0.25) is 11.8 Å². The number of hydrogen-bond donors (Lipinski definition) is 3. The number of carboxylic acid groups (broad SMARTS) is 1. The fourth-order valence-electron chi connectivity index (χ4n) is 7.44. The largest absolute Gasteiger partial charge is 0.481 e. The highest BCUT2D eigenvalue weighted by molar-refractivity contribution is 5.98. The fourth-order valence-corrected chi connectivity index (χ4v) is 7.44. The molecular weight excluding hydrogens is 592 g/mol. The molecule has 0 bridgehead atoms. The molecule has 3 aromatic carbocycles. The predicted octanol–water partition coefficient (Wildman–Crippen LogP) is 8.01. The summed E-state index contributed by atoms with van der Waals surface area (Å²) < 4.78 is 6.20. The van der Waals surface area contributed by atoms with Gasteiger partial charge in [-0.25, -0.2) is 0 Å². The number of amides is 2. The van der Waals surface area contributed by atoms with Gasteiger partial charge in [-0.3, -0.25) is 19.2 Å². The summed E-state index contributed by atoms with van der Waals surface area (Å²) in [5, 5.41) is 15.6. The lowest BCUT2D eigenvalue weighted by atomic mass is 9.69. The van der Waals surface area contributed by atoms with Gasteiger partial charge in [-0.1, -0.05) is 62.4 Å². The van der Waals surface area contributed by atoms with Gasteiger partial charge in [0.25, 0.3) is 0 Å². The number of carboxylic acids is 1. The van der Waals surface area contributed by atoms with Crippen LogP contribution in [0.15, 0.2) is 72.8 Å². The van der Waals surface area contributed by atoms with E-state index in [4.69, 9.17) is 4.74 Å². The Labute approximate surface area is 276 Å². The minimum Gasteiger partial charge on any atom is -0.481 e. The van der Waals surface area contributed by atoms with E-state index in [9.17, 15) is 24.3 Å². The van der Waals surface area contributed by atoms with Crippen LogP contribution in [0.2, 0.25) is 0 Å². The lowest BCUT2D eigenvalue weighted by molar-refractivity contribution is -0.147. The number of carbonyl (C=O) groups is 4. The molecular formula is C39H44N2O6. The van der Waals surface area contributed by atoms with Gasteiger partial charge < -0.3 is 20.5 Å². The second-order valence-corrected chi connectivity index (χ2v) is 13.4. The molecule has 0 heterocycles. The fraction of sp³-hybridized carbons (Fsp3) is 0.436. The summed E-state index contributed by atoms with van der Waals surface area (Å²) in [5.41, 5.74) is 3.30. The van der Waals surface area contributed by atoms with E-state index in [1.54, 1.807) is 24.3 Å². The second-order valence-electron chi connectivity index (χ2n) is 13.4. The molecule has 3 fully saturated rings. The van der Waals surface area contributed by atoms with Crippen molar-refractivity contribution in [3.8, 4) is 11.5 Å². The first kappa shape index (κ1) is 32.5. The molecule has 4 atom stereocenters. The third-order valence-electron chi connectivity index (χ3n) is 10.3. The van der Waals surface area contributed by atoms with Crippen molar-refractivity contribution in [3.63, 3.8) is 0 Å². The molecule has 0 spiro atoms. The molecule has 0 radical (unpaired) electrons. The predicted molar refractivity (Wildman–Crippen MR) is 180 cm³/mol. The molecule has 3 saturated carbocycles. The van der Waals surface area contributed by atoms with Crippen molar-refractivity contribution >= 4 is 34.9 Å². The number of rotatable bonds is 11. The van der Waals surface area contributed by atoms with Crippen LogP contribution in [0, 0.1) is 29.6 Å². The van der Waals surface area contributed by atoms with Crippen molar-refractivity contribution in [1.29, 1.82) is 0 Å². The zero-order chi connectivity index (χ0) is 32.8. The third-order valence-corrected chi connectivity index (χ3v) is 10.3. The van der Waals surface area contributed by atoms with Gasteiger partial charge in [0.05, 0.1) is 11.8 Å². The number of nitrogens with one attached hydrogen (secondary N) is 2. The Morgan fingerprint density at radius 3 is 1.87 bits per heavy atom. The summed E-state index contributed by atoms with van der Waals surface area (Å²) >= 11 is 0. The van der Waals surface area contributed by atoms with Crippen LogP contribution in [0.5, 0.6) is 11.5 Å². The molecule has 246 valence electrons. The Morgan fingerprint density at radius 1 is 0.638 bits per heavy atom. The quantitative estimate of drug-likeness (QED) is 0.196. The van der Waals surface area contributed by atoms with Crippen LogP contribution in [0.4, 0.5) is 11.4 Å². The summed E-state index contributed by atoms with van der Waals surface area (Å²) in [6.07, 6.45) is 9.87. The molecule has 3 aromatic rings. The smallest absolute Gasteiger partial charge is 0.307 e. The number of aliphatic carboxylic acids is 1. The summed E-state index contributed by atoms with van der Waals surface area (Å²) in [7, 11) is 0. The monoisotopic (exact) mass is 636 g/mol. The molecule has 0 aliphatic heterocycles. The number of hydrogen-bond acceptors (Lipinski definition) is 5. The molecule has 8 nitrogen and oxygen atoms in total. The minimum absolute atomic E-state index is 0.0779. The SMILES string of the molecule is O=C(O)C1CCCCC1C(=O)Nc1ccc(Oc2ccc(NC(=O)C3CCCCC3C(=O)C3CCC3)c(Cc3ccccc3)c2)cc1. The highest BCUT2D eigenvalue weighted by Gasteiger charge is 2.40. The molecule has 0 saturated heterocycles. The maximum Gasteiger partial charge on any atom is 0.307 e. The lowest BCUT2D eigenvalue weighted by Gasteiger charge is -2.34. The van der Waals surface area contributed by atoms with Crippen molar-refractivity contribution in [2.75, 3.05) is 10.6 Å². The first-order valence-electron chi connectivity index (χ1n) is 17.2. The van der Waals surface area contributed by atoms with E-state index in [1.165, 1.54) is 0 Å². The molecule has 4 unspecified atom stereocenters. The van der Waals surface area contributed by atoms with E-state index >= 15 is 0 Å². The first-order valence-corrected chi connectivity index (χ1v) is 17.2. The Balaban J connectivity index is 1.15. The molecule has 3 aliphatic carbocycles.